The van der Waals surface area contributed by atoms with Crippen molar-refractivity contribution >= 4 is 16.7 Å². The lowest BCUT2D eigenvalue weighted by Crippen LogP contribution is -2.19. The molecule has 3 heterocycles. The highest BCUT2D eigenvalue weighted by Crippen LogP contribution is 2.37. The number of nitrogens with zero attached hydrogens (tertiary/aromatic N) is 4. The molecule has 0 radical (unpaired) electrons. The summed E-state index contributed by atoms with van der Waals surface area (Å²) in [5.74, 6) is 2.42. The summed E-state index contributed by atoms with van der Waals surface area (Å²) < 4.78 is 12.9. The number of aliphatic hydroxyl groups excluding tert-OH is 1. The molecular formula is C19H22N4O3. The van der Waals surface area contributed by atoms with E-state index >= 15 is 0 Å². The van der Waals surface area contributed by atoms with E-state index < -0.39 is 0 Å². The van der Waals surface area contributed by atoms with Crippen molar-refractivity contribution in [1.29, 1.82) is 0 Å². The van der Waals surface area contributed by atoms with Gasteiger partial charge in [0.1, 0.15) is 22.8 Å². The third-order valence-corrected chi connectivity index (χ3v) is 4.88. The highest BCUT2D eigenvalue weighted by Gasteiger charge is 2.25. The molecule has 1 N–H and O–H groups in total. The van der Waals surface area contributed by atoms with Crippen LogP contribution in [0.25, 0.3) is 10.9 Å². The zero-order chi connectivity index (χ0) is 18.3. The molecule has 3 aromatic rings. The lowest BCUT2D eigenvalue weighted by atomic mass is 10.1. The molecule has 0 atom stereocenters. The van der Waals surface area contributed by atoms with Crippen LogP contribution >= 0.6 is 0 Å². The minimum atomic E-state index is 0.0818. The van der Waals surface area contributed by atoms with Crippen LogP contribution in [0.2, 0.25) is 0 Å². The molecule has 2 aromatic heterocycles. The van der Waals surface area contributed by atoms with E-state index in [9.17, 15) is 5.11 Å². The number of hydrogen-bond acceptors (Lipinski definition) is 6. The Labute approximate surface area is 151 Å². The van der Waals surface area contributed by atoms with Gasteiger partial charge >= 0.3 is 0 Å². The Kier molecular flexibility index (Phi) is 4.16. The lowest BCUT2D eigenvalue weighted by Gasteiger charge is -2.20. The quantitative estimate of drug-likeness (QED) is 0.758. The number of hydrogen-bond donors (Lipinski definition) is 1. The van der Waals surface area contributed by atoms with Gasteiger partial charge in [-0.1, -0.05) is 0 Å². The van der Waals surface area contributed by atoms with E-state index in [1.807, 2.05) is 23.0 Å². The molecule has 0 saturated heterocycles. The van der Waals surface area contributed by atoms with E-state index in [2.05, 4.69) is 23.0 Å². The predicted octanol–water partition coefficient (Wildman–Crippen LogP) is 2.27. The van der Waals surface area contributed by atoms with E-state index in [1.165, 1.54) is 5.56 Å². The number of pyridine rings is 1. The van der Waals surface area contributed by atoms with Gasteiger partial charge in [0.25, 0.3) is 0 Å². The molecule has 0 saturated carbocycles. The summed E-state index contributed by atoms with van der Waals surface area (Å²) in [4.78, 5) is 7.09. The summed E-state index contributed by atoms with van der Waals surface area (Å²) >= 11 is 0. The molecule has 1 aliphatic rings. The molecule has 7 heteroatoms. The second kappa shape index (κ2) is 6.49. The topological polar surface area (TPSA) is 72.6 Å². The number of aryl methyl sites for hydroxylation is 1. The maximum absolute atomic E-state index is 9.20. The monoisotopic (exact) mass is 354 g/mol. The Morgan fingerprint density at radius 2 is 1.92 bits per heavy atom. The number of methoxy groups -OCH3 is 2. The summed E-state index contributed by atoms with van der Waals surface area (Å²) in [5.41, 5.74) is 4.20. The highest BCUT2D eigenvalue weighted by molar-refractivity contribution is 5.94. The number of benzene rings is 1. The van der Waals surface area contributed by atoms with Gasteiger partial charge < -0.3 is 19.5 Å². The number of anilines is 1. The van der Waals surface area contributed by atoms with Crippen LogP contribution in [-0.4, -0.2) is 40.7 Å². The normalized spacial score (nSPS) is 13.3. The molecular weight excluding hydrogens is 332 g/mol. The van der Waals surface area contributed by atoms with Crippen molar-refractivity contribution in [2.24, 2.45) is 0 Å². The molecule has 0 amide bonds. The van der Waals surface area contributed by atoms with Crippen molar-refractivity contribution in [2.75, 3.05) is 25.7 Å². The van der Waals surface area contributed by atoms with Crippen LogP contribution < -0.4 is 14.4 Å². The molecule has 136 valence electrons. The predicted molar refractivity (Wildman–Crippen MR) is 98.8 cm³/mol. The van der Waals surface area contributed by atoms with Crippen LogP contribution in [0.1, 0.15) is 16.8 Å². The van der Waals surface area contributed by atoms with Crippen molar-refractivity contribution in [3.63, 3.8) is 0 Å². The minimum Gasteiger partial charge on any atom is -0.496 e. The van der Waals surface area contributed by atoms with E-state index in [4.69, 9.17) is 14.5 Å². The molecule has 0 bridgehead atoms. The van der Waals surface area contributed by atoms with Crippen molar-refractivity contribution in [2.45, 2.75) is 26.6 Å². The van der Waals surface area contributed by atoms with Gasteiger partial charge in [-0.15, -0.1) is 0 Å². The number of aromatic nitrogens is 3. The largest absolute Gasteiger partial charge is 0.496 e. The van der Waals surface area contributed by atoms with Gasteiger partial charge in [-0.3, -0.25) is 4.68 Å². The Hall–Kier alpha value is -2.80. The summed E-state index contributed by atoms with van der Waals surface area (Å²) in [7, 11) is 3.32. The first-order valence-electron chi connectivity index (χ1n) is 8.58. The second-order valence-electron chi connectivity index (χ2n) is 6.41. The summed E-state index contributed by atoms with van der Waals surface area (Å²) in [6.45, 7) is 4.13. The molecule has 1 aromatic carbocycles. The number of aliphatic hydroxyl groups is 1. The lowest BCUT2D eigenvalue weighted by molar-refractivity contribution is 0.267. The molecule has 26 heavy (non-hydrogen) atoms. The zero-order valence-corrected chi connectivity index (χ0v) is 15.2. The smallest absolute Gasteiger partial charge is 0.145 e. The standard InChI is InChI=1S/C19H22N4O3/c1-12-8-17(21-19-16(26-3)5-4-15(25-2)18(12)19)22-10-13-9-20-23(6-7-24)14(13)11-22/h4-5,8-9,24H,6-7,10-11H2,1-3H3. The fourth-order valence-corrected chi connectivity index (χ4v) is 3.61. The van der Waals surface area contributed by atoms with E-state index in [0.29, 0.717) is 6.54 Å². The fraction of sp³-hybridized carbons (Fsp3) is 0.368. The van der Waals surface area contributed by atoms with E-state index in [0.717, 1.165) is 52.6 Å². The number of rotatable bonds is 5. The van der Waals surface area contributed by atoms with Gasteiger partial charge in [-0.25, -0.2) is 4.98 Å². The SMILES string of the molecule is COc1ccc(OC)c2c(C)cc(N3Cc4cnn(CCO)c4C3)nc12. The van der Waals surface area contributed by atoms with Gasteiger partial charge in [0.15, 0.2) is 0 Å². The second-order valence-corrected chi connectivity index (χ2v) is 6.41. The van der Waals surface area contributed by atoms with Crippen molar-refractivity contribution in [3.05, 3.63) is 41.2 Å². The maximum Gasteiger partial charge on any atom is 0.145 e. The molecule has 0 aliphatic carbocycles. The number of ether oxygens (including phenoxy) is 2. The molecule has 7 nitrogen and oxygen atoms in total. The van der Waals surface area contributed by atoms with Crippen LogP contribution in [0.15, 0.2) is 24.4 Å². The first-order chi connectivity index (χ1) is 12.7. The highest BCUT2D eigenvalue weighted by atomic mass is 16.5. The van der Waals surface area contributed by atoms with Gasteiger partial charge in [0, 0.05) is 17.5 Å². The summed E-state index contributed by atoms with van der Waals surface area (Å²) in [6, 6.07) is 5.87. The first kappa shape index (κ1) is 16.7. The van der Waals surface area contributed by atoms with Crippen LogP contribution in [0, 0.1) is 6.92 Å². The van der Waals surface area contributed by atoms with Gasteiger partial charge in [0.2, 0.25) is 0 Å². The average Bonchev–Trinajstić information content (AvgIpc) is 3.23. The Morgan fingerprint density at radius 1 is 1.15 bits per heavy atom. The van der Waals surface area contributed by atoms with Crippen LogP contribution in [0.3, 0.4) is 0 Å². The third-order valence-electron chi connectivity index (χ3n) is 4.88. The zero-order valence-electron chi connectivity index (χ0n) is 15.2. The Bertz CT molecular complexity index is 967. The van der Waals surface area contributed by atoms with Gasteiger partial charge in [0.05, 0.1) is 45.8 Å². The van der Waals surface area contributed by atoms with Crippen LogP contribution in [0.5, 0.6) is 11.5 Å². The molecule has 4 rings (SSSR count). The third kappa shape index (κ3) is 2.55. The molecule has 0 spiro atoms. The van der Waals surface area contributed by atoms with E-state index in [-0.39, 0.29) is 6.61 Å². The maximum atomic E-state index is 9.20. The van der Waals surface area contributed by atoms with Gasteiger partial charge in [-0.05, 0) is 30.7 Å². The van der Waals surface area contributed by atoms with Crippen LogP contribution in [-0.2, 0) is 19.6 Å². The Balaban J connectivity index is 1.76. The summed E-state index contributed by atoms with van der Waals surface area (Å²) in [5, 5.41) is 14.5. The number of fused-ring (bicyclic) bond motifs is 2. The first-order valence-corrected chi connectivity index (χ1v) is 8.58. The van der Waals surface area contributed by atoms with Gasteiger partial charge in [-0.2, -0.15) is 5.10 Å². The molecule has 0 fully saturated rings. The van der Waals surface area contributed by atoms with Crippen LogP contribution in [0.4, 0.5) is 5.82 Å². The van der Waals surface area contributed by atoms with Crippen molar-refractivity contribution < 1.29 is 14.6 Å². The Morgan fingerprint density at radius 3 is 2.65 bits per heavy atom. The van der Waals surface area contributed by atoms with E-state index in [1.54, 1.807) is 14.2 Å². The average molecular weight is 354 g/mol. The van der Waals surface area contributed by atoms with Crippen molar-refractivity contribution in [3.8, 4) is 11.5 Å². The fourth-order valence-electron chi connectivity index (χ4n) is 3.61. The molecule has 0 unspecified atom stereocenters. The summed E-state index contributed by atoms with van der Waals surface area (Å²) in [6.07, 6.45) is 1.88. The minimum absolute atomic E-state index is 0.0818. The molecule has 1 aliphatic heterocycles. The van der Waals surface area contributed by atoms with Crippen molar-refractivity contribution in [1.82, 2.24) is 14.8 Å².